The normalized spacial score (nSPS) is 24.9. The minimum atomic E-state index is -1.39. The van der Waals surface area contributed by atoms with Crippen molar-refractivity contribution < 1.29 is 52.5 Å². The van der Waals surface area contributed by atoms with E-state index in [2.05, 4.69) is 6.58 Å². The van der Waals surface area contributed by atoms with Gasteiger partial charge in [0, 0.05) is 0 Å². The van der Waals surface area contributed by atoms with Crippen LogP contribution in [0.4, 0.5) is 0 Å². The first kappa shape index (κ1) is 49.1. The van der Waals surface area contributed by atoms with Crippen LogP contribution in [0.2, 0.25) is 0 Å². The van der Waals surface area contributed by atoms with E-state index in [4.69, 9.17) is 47.4 Å². The van der Waals surface area contributed by atoms with Crippen molar-refractivity contribution in [2.75, 3.05) is 19.8 Å². The number of aliphatic hydroxyl groups excluding tert-OH is 1. The molecule has 0 radical (unpaired) electrons. The summed E-state index contributed by atoms with van der Waals surface area (Å²) < 4.78 is 67.6. The molecule has 2 fully saturated rings. The summed E-state index contributed by atoms with van der Waals surface area (Å²) in [6, 6.07) is 59.6. The molecule has 1 N–H and O–H groups in total. The van der Waals surface area contributed by atoms with Gasteiger partial charge in [0.2, 0.25) is 0 Å². The van der Waals surface area contributed by atoms with Gasteiger partial charge in [-0.3, -0.25) is 0 Å². The number of ether oxygens (including phenoxy) is 10. The van der Waals surface area contributed by atoms with Crippen LogP contribution in [0.5, 0.6) is 0 Å². The lowest BCUT2D eigenvalue weighted by Crippen LogP contribution is -2.66. The Labute approximate surface area is 400 Å². The van der Waals surface area contributed by atoms with Crippen LogP contribution >= 0.6 is 0 Å². The molecule has 0 bridgehead atoms. The second kappa shape index (κ2) is 26.4. The molecular formula is C57H62O11. The average Bonchev–Trinajstić information content (AvgIpc) is 3.39. The van der Waals surface area contributed by atoms with Crippen molar-refractivity contribution in [2.24, 2.45) is 0 Å². The van der Waals surface area contributed by atoms with Crippen LogP contribution in [0, 0.1) is 0 Å². The molecule has 2 aliphatic rings. The van der Waals surface area contributed by atoms with Gasteiger partial charge in [-0.25, -0.2) is 0 Å². The highest BCUT2D eigenvalue weighted by Gasteiger charge is 2.54. The van der Waals surface area contributed by atoms with E-state index in [1.165, 1.54) is 0 Å². The zero-order chi connectivity index (χ0) is 46.6. The third-order valence-electron chi connectivity index (χ3n) is 11.8. The molecule has 2 aliphatic heterocycles. The summed E-state index contributed by atoms with van der Waals surface area (Å²) in [4.78, 5) is 0. The minimum absolute atomic E-state index is 0.0403. The van der Waals surface area contributed by atoms with Crippen LogP contribution in [0.15, 0.2) is 195 Å². The largest absolute Gasteiger partial charge is 0.374 e. The second-order valence-corrected chi connectivity index (χ2v) is 16.8. The van der Waals surface area contributed by atoms with E-state index in [-0.39, 0.29) is 46.2 Å². The Hall–Kier alpha value is -5.38. The molecule has 6 aromatic carbocycles. The number of aliphatic hydroxyl groups is 1. The summed E-state index contributed by atoms with van der Waals surface area (Å²) in [5, 5.41) is 11.7. The fourth-order valence-electron chi connectivity index (χ4n) is 8.39. The topological polar surface area (TPSA) is 113 Å². The Morgan fingerprint density at radius 3 is 1.12 bits per heavy atom. The van der Waals surface area contributed by atoms with E-state index >= 15 is 0 Å². The quantitative estimate of drug-likeness (QED) is 0.0555. The summed E-state index contributed by atoms with van der Waals surface area (Å²) >= 11 is 0. The van der Waals surface area contributed by atoms with E-state index in [1.807, 2.05) is 182 Å². The molecule has 356 valence electrons. The maximum atomic E-state index is 11.7. The SMILES string of the molecule is C=CCO[C@@H]1[C@@H](OCc2ccccc2)[C@@H](O[C@H]2O[C@H](COCc3ccccc3)[C@H](OCc3ccccc3)[C@H](OCc3ccccc3)[C@H]2OCc2ccccc2)[C@@H](COCc2ccccc2)O[C@H]1O. The van der Waals surface area contributed by atoms with Gasteiger partial charge in [0.05, 0.1) is 59.5 Å². The lowest BCUT2D eigenvalue weighted by Gasteiger charge is -2.49. The molecule has 2 saturated heterocycles. The predicted octanol–water partition coefficient (Wildman–Crippen LogP) is 9.16. The highest BCUT2D eigenvalue weighted by molar-refractivity contribution is 5.18. The van der Waals surface area contributed by atoms with Crippen LogP contribution in [0.3, 0.4) is 0 Å². The Bertz CT molecular complexity index is 2290. The van der Waals surface area contributed by atoms with E-state index in [1.54, 1.807) is 6.08 Å². The molecule has 6 aromatic rings. The maximum absolute atomic E-state index is 11.7. The van der Waals surface area contributed by atoms with Gasteiger partial charge < -0.3 is 52.5 Å². The Kier molecular flexibility index (Phi) is 19.0. The van der Waals surface area contributed by atoms with E-state index < -0.39 is 61.4 Å². The zero-order valence-corrected chi connectivity index (χ0v) is 38.3. The van der Waals surface area contributed by atoms with Crippen LogP contribution in [0.25, 0.3) is 0 Å². The molecular weight excluding hydrogens is 861 g/mol. The molecule has 0 aromatic heterocycles. The number of hydrogen-bond acceptors (Lipinski definition) is 11. The molecule has 0 unspecified atom stereocenters. The first-order valence-electron chi connectivity index (χ1n) is 23.3. The van der Waals surface area contributed by atoms with Gasteiger partial charge >= 0.3 is 0 Å². The monoisotopic (exact) mass is 922 g/mol. The Morgan fingerprint density at radius 2 is 0.721 bits per heavy atom. The fourth-order valence-corrected chi connectivity index (χ4v) is 8.39. The highest BCUT2D eigenvalue weighted by Crippen LogP contribution is 2.36. The molecule has 11 heteroatoms. The molecule has 8 rings (SSSR count). The first-order chi connectivity index (χ1) is 33.6. The molecule has 2 heterocycles. The predicted molar refractivity (Wildman–Crippen MR) is 257 cm³/mol. The van der Waals surface area contributed by atoms with Crippen LogP contribution in [-0.2, 0) is 87.0 Å². The van der Waals surface area contributed by atoms with Crippen LogP contribution in [0.1, 0.15) is 33.4 Å². The lowest BCUT2D eigenvalue weighted by atomic mass is 9.95. The van der Waals surface area contributed by atoms with Gasteiger partial charge in [0.15, 0.2) is 12.6 Å². The van der Waals surface area contributed by atoms with Gasteiger partial charge in [-0.15, -0.1) is 6.58 Å². The molecule has 11 nitrogen and oxygen atoms in total. The third kappa shape index (κ3) is 14.3. The Balaban J connectivity index is 1.17. The molecule has 0 spiro atoms. The third-order valence-corrected chi connectivity index (χ3v) is 11.8. The average molecular weight is 923 g/mol. The van der Waals surface area contributed by atoms with Crippen molar-refractivity contribution in [3.05, 3.63) is 228 Å². The van der Waals surface area contributed by atoms with Crippen molar-refractivity contribution in [3.63, 3.8) is 0 Å². The summed E-state index contributed by atoms with van der Waals surface area (Å²) in [7, 11) is 0. The van der Waals surface area contributed by atoms with E-state index in [0.717, 1.165) is 33.4 Å². The van der Waals surface area contributed by atoms with Crippen molar-refractivity contribution >= 4 is 0 Å². The Morgan fingerprint density at radius 1 is 0.382 bits per heavy atom. The van der Waals surface area contributed by atoms with E-state index in [0.29, 0.717) is 13.2 Å². The van der Waals surface area contributed by atoms with E-state index in [9.17, 15) is 5.11 Å². The maximum Gasteiger partial charge on any atom is 0.187 e. The molecule has 10 atom stereocenters. The summed E-state index contributed by atoms with van der Waals surface area (Å²) in [6.07, 6.45) is -7.64. The van der Waals surface area contributed by atoms with Gasteiger partial charge in [0.25, 0.3) is 0 Å². The standard InChI is InChI=1S/C57H62O11/c1-2-33-61-54-53(64-38-46-29-17-7-18-30-46)51(49(66-56(54)58)41-60-35-43-23-11-4-12-24-43)68-57-55(65-39-47-31-19-8-20-32-47)52(63-37-45-27-15-6-16-28-45)50(62-36-44-25-13-5-14-26-44)48(67-57)40-59-34-42-21-9-3-10-22-42/h2-32,48-58H,1,33-41H2/t48-,49-,50+,51+,52+,53+,54-,55-,56-,57-/m1/s1. The van der Waals surface area contributed by atoms with Gasteiger partial charge in [-0.05, 0) is 33.4 Å². The molecule has 0 aliphatic carbocycles. The van der Waals surface area contributed by atoms with Crippen molar-refractivity contribution in [1.82, 2.24) is 0 Å². The molecule has 0 saturated carbocycles. The summed E-state index contributed by atoms with van der Waals surface area (Å²) in [6.45, 7) is 5.74. The molecule has 68 heavy (non-hydrogen) atoms. The van der Waals surface area contributed by atoms with Gasteiger partial charge in [0.1, 0.15) is 48.8 Å². The summed E-state index contributed by atoms with van der Waals surface area (Å²) in [5.41, 5.74) is 5.82. The summed E-state index contributed by atoms with van der Waals surface area (Å²) in [5.74, 6) is 0. The first-order valence-corrected chi connectivity index (χ1v) is 23.3. The number of rotatable bonds is 25. The van der Waals surface area contributed by atoms with Crippen molar-refractivity contribution in [1.29, 1.82) is 0 Å². The van der Waals surface area contributed by atoms with Crippen LogP contribution in [-0.4, -0.2) is 86.3 Å². The highest BCUT2D eigenvalue weighted by atomic mass is 16.8. The minimum Gasteiger partial charge on any atom is -0.374 e. The fraction of sp³-hybridized carbons (Fsp3) is 0.333. The van der Waals surface area contributed by atoms with Crippen molar-refractivity contribution in [2.45, 2.75) is 101 Å². The molecule has 0 amide bonds. The smallest absolute Gasteiger partial charge is 0.187 e. The second-order valence-electron chi connectivity index (χ2n) is 16.8. The number of hydrogen-bond donors (Lipinski definition) is 1. The lowest BCUT2D eigenvalue weighted by molar-refractivity contribution is -0.373. The number of benzene rings is 6. The zero-order valence-electron chi connectivity index (χ0n) is 38.3. The van der Waals surface area contributed by atoms with Crippen molar-refractivity contribution in [3.8, 4) is 0 Å². The van der Waals surface area contributed by atoms with Gasteiger partial charge in [-0.1, -0.05) is 188 Å². The van der Waals surface area contributed by atoms with Crippen LogP contribution < -0.4 is 0 Å². The van der Waals surface area contributed by atoms with Gasteiger partial charge in [-0.2, -0.15) is 0 Å².